The highest BCUT2D eigenvalue weighted by atomic mass is 16.5. The number of amides is 2. The van der Waals surface area contributed by atoms with Crippen molar-refractivity contribution in [2.75, 3.05) is 0 Å². The topological polar surface area (TPSA) is 118 Å². The molecule has 4 atom stereocenters. The molecule has 0 bridgehead atoms. The van der Waals surface area contributed by atoms with Gasteiger partial charge in [0.15, 0.2) is 5.96 Å². The SMILES string of the molecule is CC1(C)CC(=O)N(C(c2cccc(C#N)c2)[C@@H]2C[C@H]2C(=O)N[C@H]2CC(C)(C)Oc3ccccc32)C(=N)N1. The Balaban J connectivity index is 1.41. The number of ether oxygens (including phenoxy) is 1. The summed E-state index contributed by atoms with van der Waals surface area (Å²) in [5, 5.41) is 24.5. The third-order valence-electron chi connectivity index (χ3n) is 7.47. The molecule has 37 heavy (non-hydrogen) atoms. The van der Waals surface area contributed by atoms with Crippen molar-refractivity contribution in [2.45, 2.75) is 70.2 Å². The van der Waals surface area contributed by atoms with E-state index in [-0.39, 0.29) is 42.1 Å². The van der Waals surface area contributed by atoms with Crippen molar-refractivity contribution in [3.8, 4) is 11.8 Å². The highest BCUT2D eigenvalue weighted by molar-refractivity contribution is 5.99. The molecule has 5 rings (SSSR count). The number of guanidine groups is 1. The molecule has 0 spiro atoms. The molecule has 1 aliphatic carbocycles. The summed E-state index contributed by atoms with van der Waals surface area (Å²) in [4.78, 5) is 28.3. The number of carbonyl (C=O) groups excluding carboxylic acids is 2. The van der Waals surface area contributed by atoms with Crippen molar-refractivity contribution in [3.63, 3.8) is 0 Å². The largest absolute Gasteiger partial charge is 0.487 e. The Bertz CT molecular complexity index is 1290. The van der Waals surface area contributed by atoms with E-state index < -0.39 is 17.2 Å². The van der Waals surface area contributed by atoms with Crippen LogP contribution in [0.2, 0.25) is 0 Å². The van der Waals surface area contributed by atoms with Gasteiger partial charge in [0, 0.05) is 29.9 Å². The molecule has 0 aromatic heterocycles. The number of fused-ring (bicyclic) bond motifs is 1. The standard InChI is InChI=1S/C29H33N5O3/c1-28(2)15-24(35)34(27(31)33-28)25(18-9-7-8-17(12-18)16-30)20-13-21(20)26(36)32-22-14-29(3,4)37-23-11-6-5-10-19(22)23/h5-12,20-22,25H,13-15H2,1-4H3,(H2,31,33)(H,32,36)/t20-,21-,22+,25?/m1/s1. The third kappa shape index (κ3) is 4.91. The third-order valence-corrected chi connectivity index (χ3v) is 7.47. The number of rotatable bonds is 5. The van der Waals surface area contributed by atoms with Gasteiger partial charge in [0.05, 0.1) is 23.7 Å². The molecule has 0 radical (unpaired) electrons. The number of nitrogens with zero attached hydrogens (tertiary/aromatic N) is 2. The first-order chi connectivity index (χ1) is 17.5. The van der Waals surface area contributed by atoms with E-state index in [4.69, 9.17) is 10.1 Å². The van der Waals surface area contributed by atoms with Crippen LogP contribution in [-0.4, -0.2) is 33.8 Å². The lowest BCUT2D eigenvalue weighted by Crippen LogP contribution is -2.60. The molecule has 2 aliphatic heterocycles. The van der Waals surface area contributed by atoms with Gasteiger partial charge < -0.3 is 15.4 Å². The minimum Gasteiger partial charge on any atom is -0.487 e. The van der Waals surface area contributed by atoms with Crippen LogP contribution in [0.5, 0.6) is 5.75 Å². The van der Waals surface area contributed by atoms with Crippen molar-refractivity contribution in [2.24, 2.45) is 11.8 Å². The molecule has 1 saturated carbocycles. The van der Waals surface area contributed by atoms with Crippen molar-refractivity contribution in [1.82, 2.24) is 15.5 Å². The summed E-state index contributed by atoms with van der Waals surface area (Å²) in [6.45, 7) is 7.82. The van der Waals surface area contributed by atoms with E-state index in [0.717, 1.165) is 16.9 Å². The molecular formula is C29H33N5O3. The number of carbonyl (C=O) groups is 2. The molecule has 3 N–H and O–H groups in total. The van der Waals surface area contributed by atoms with Crippen LogP contribution < -0.4 is 15.4 Å². The van der Waals surface area contributed by atoms with Crippen LogP contribution in [0.3, 0.4) is 0 Å². The average Bonchev–Trinajstić information content (AvgIpc) is 3.60. The number of hydrogen-bond acceptors (Lipinski definition) is 5. The van der Waals surface area contributed by atoms with Gasteiger partial charge in [-0.15, -0.1) is 0 Å². The lowest BCUT2D eigenvalue weighted by Gasteiger charge is -2.42. The minimum absolute atomic E-state index is 0.0276. The zero-order valence-corrected chi connectivity index (χ0v) is 21.7. The molecule has 3 aliphatic rings. The van der Waals surface area contributed by atoms with Crippen LogP contribution in [0.15, 0.2) is 48.5 Å². The molecule has 2 aromatic rings. The Labute approximate surface area is 217 Å². The summed E-state index contributed by atoms with van der Waals surface area (Å²) in [6.07, 6.45) is 1.48. The lowest BCUT2D eigenvalue weighted by atomic mass is 9.89. The lowest BCUT2D eigenvalue weighted by molar-refractivity contribution is -0.133. The highest BCUT2D eigenvalue weighted by Gasteiger charge is 2.53. The molecule has 1 saturated heterocycles. The van der Waals surface area contributed by atoms with Gasteiger partial charge in [-0.1, -0.05) is 30.3 Å². The predicted molar refractivity (Wildman–Crippen MR) is 139 cm³/mol. The van der Waals surface area contributed by atoms with Gasteiger partial charge in [-0.2, -0.15) is 5.26 Å². The smallest absolute Gasteiger partial charge is 0.232 e. The zero-order valence-electron chi connectivity index (χ0n) is 21.7. The highest BCUT2D eigenvalue weighted by Crippen LogP contribution is 2.51. The minimum atomic E-state index is -0.521. The molecule has 8 nitrogen and oxygen atoms in total. The van der Waals surface area contributed by atoms with E-state index in [2.05, 4.69) is 16.7 Å². The quantitative estimate of drug-likeness (QED) is 0.570. The number of nitrogens with one attached hydrogen (secondary N) is 3. The van der Waals surface area contributed by atoms with Crippen molar-refractivity contribution >= 4 is 17.8 Å². The summed E-state index contributed by atoms with van der Waals surface area (Å²) in [5.74, 6) is 0.123. The van der Waals surface area contributed by atoms with Gasteiger partial charge in [-0.05, 0) is 63.8 Å². The fraction of sp³-hybridized carbons (Fsp3) is 0.448. The second-order valence-corrected chi connectivity index (χ2v) is 11.7. The van der Waals surface area contributed by atoms with E-state index in [0.29, 0.717) is 18.4 Å². The van der Waals surface area contributed by atoms with Gasteiger partial charge in [-0.3, -0.25) is 19.9 Å². The van der Waals surface area contributed by atoms with Crippen LogP contribution in [0.25, 0.3) is 0 Å². The monoisotopic (exact) mass is 499 g/mol. The number of benzene rings is 2. The first kappa shape index (κ1) is 24.8. The molecule has 8 heteroatoms. The van der Waals surface area contributed by atoms with Crippen LogP contribution in [0, 0.1) is 28.6 Å². The second-order valence-electron chi connectivity index (χ2n) is 11.7. The summed E-state index contributed by atoms with van der Waals surface area (Å²) >= 11 is 0. The molecule has 2 fully saturated rings. The summed E-state index contributed by atoms with van der Waals surface area (Å²) in [7, 11) is 0. The zero-order chi connectivity index (χ0) is 26.5. The Morgan fingerprint density at radius 1 is 1.22 bits per heavy atom. The van der Waals surface area contributed by atoms with Gasteiger partial charge in [-0.25, -0.2) is 0 Å². The van der Waals surface area contributed by atoms with E-state index in [9.17, 15) is 14.9 Å². The molecular weight excluding hydrogens is 466 g/mol. The summed E-state index contributed by atoms with van der Waals surface area (Å²) in [5.41, 5.74) is 1.27. The van der Waals surface area contributed by atoms with E-state index in [1.54, 1.807) is 18.2 Å². The number of nitriles is 1. The molecule has 2 aromatic carbocycles. The van der Waals surface area contributed by atoms with Crippen LogP contribution in [0.4, 0.5) is 0 Å². The predicted octanol–water partition coefficient (Wildman–Crippen LogP) is 4.19. The molecule has 2 heterocycles. The second kappa shape index (κ2) is 8.91. The molecule has 1 unspecified atom stereocenters. The number of para-hydroxylation sites is 1. The van der Waals surface area contributed by atoms with Crippen LogP contribution >= 0.6 is 0 Å². The Morgan fingerprint density at radius 3 is 2.70 bits per heavy atom. The van der Waals surface area contributed by atoms with Gasteiger partial charge in [0.2, 0.25) is 11.8 Å². The van der Waals surface area contributed by atoms with E-state index >= 15 is 0 Å². The van der Waals surface area contributed by atoms with Crippen LogP contribution in [-0.2, 0) is 9.59 Å². The van der Waals surface area contributed by atoms with Crippen molar-refractivity contribution < 1.29 is 14.3 Å². The average molecular weight is 500 g/mol. The van der Waals surface area contributed by atoms with E-state index in [1.807, 2.05) is 58.0 Å². The Kier molecular flexibility index (Phi) is 5.98. The summed E-state index contributed by atoms with van der Waals surface area (Å²) < 4.78 is 6.11. The first-order valence-corrected chi connectivity index (χ1v) is 12.8. The first-order valence-electron chi connectivity index (χ1n) is 12.8. The number of hydrogen-bond donors (Lipinski definition) is 3. The van der Waals surface area contributed by atoms with Gasteiger partial charge in [0.1, 0.15) is 11.4 Å². The Morgan fingerprint density at radius 2 is 1.97 bits per heavy atom. The molecule has 192 valence electrons. The maximum absolute atomic E-state index is 13.5. The summed E-state index contributed by atoms with van der Waals surface area (Å²) in [6, 6.07) is 16.4. The fourth-order valence-corrected chi connectivity index (χ4v) is 5.76. The fourth-order valence-electron chi connectivity index (χ4n) is 5.76. The Hall–Kier alpha value is -3.86. The maximum Gasteiger partial charge on any atom is 0.232 e. The molecule has 2 amide bonds. The van der Waals surface area contributed by atoms with Crippen LogP contribution in [0.1, 0.15) is 75.7 Å². The maximum atomic E-state index is 13.5. The van der Waals surface area contributed by atoms with Crippen molar-refractivity contribution in [1.29, 1.82) is 10.7 Å². The normalized spacial score (nSPS) is 26.1. The van der Waals surface area contributed by atoms with Gasteiger partial charge >= 0.3 is 0 Å². The van der Waals surface area contributed by atoms with E-state index in [1.165, 1.54) is 4.90 Å². The van der Waals surface area contributed by atoms with Crippen molar-refractivity contribution in [3.05, 3.63) is 65.2 Å². The van der Waals surface area contributed by atoms with Gasteiger partial charge in [0.25, 0.3) is 0 Å².